The van der Waals surface area contributed by atoms with E-state index >= 15 is 0 Å². The van der Waals surface area contributed by atoms with Gasteiger partial charge in [0, 0.05) is 10.4 Å². The molecule has 1 N–H and O–H groups in total. The third-order valence-corrected chi connectivity index (χ3v) is 4.76. The number of imidazole rings is 1. The number of nitrogens with one attached hydrogen (secondary N) is 1. The van der Waals surface area contributed by atoms with Crippen molar-refractivity contribution in [1.82, 2.24) is 9.97 Å². The highest BCUT2D eigenvalue weighted by Gasteiger charge is 2.10. The molecular formula is C20H12FN3S. The molecule has 0 unspecified atom stereocenters. The lowest BCUT2D eigenvalue weighted by molar-refractivity contribution is 0.631. The molecule has 0 aliphatic carbocycles. The average Bonchev–Trinajstić information content (AvgIpc) is 3.30. The number of rotatable bonds is 3. The Morgan fingerprint density at radius 3 is 2.80 bits per heavy atom. The highest BCUT2D eigenvalue weighted by Crippen LogP contribution is 2.29. The molecule has 0 radical (unpaired) electrons. The van der Waals surface area contributed by atoms with Gasteiger partial charge in [-0.1, -0.05) is 24.3 Å². The summed E-state index contributed by atoms with van der Waals surface area (Å²) < 4.78 is 14.1. The highest BCUT2D eigenvalue weighted by molar-refractivity contribution is 7.13. The molecule has 0 fully saturated rings. The highest BCUT2D eigenvalue weighted by atomic mass is 32.1. The molecule has 4 aromatic rings. The van der Waals surface area contributed by atoms with Crippen LogP contribution in [0.25, 0.3) is 33.1 Å². The van der Waals surface area contributed by atoms with E-state index in [0.717, 1.165) is 21.5 Å². The molecule has 0 saturated carbocycles. The van der Waals surface area contributed by atoms with Crippen LogP contribution in [0.1, 0.15) is 11.4 Å². The van der Waals surface area contributed by atoms with Crippen molar-refractivity contribution in [3.8, 4) is 16.5 Å². The maximum Gasteiger partial charge on any atom is 0.149 e. The van der Waals surface area contributed by atoms with Crippen LogP contribution in [-0.2, 0) is 0 Å². The molecule has 3 nitrogen and oxygen atoms in total. The molecular weight excluding hydrogens is 333 g/mol. The Hall–Kier alpha value is -3.23. The number of halogens is 1. The third kappa shape index (κ3) is 2.95. The number of aromatic amines is 1. The number of H-pyrrole nitrogens is 1. The molecule has 0 aliphatic rings. The van der Waals surface area contributed by atoms with Crippen LogP contribution >= 0.6 is 11.3 Å². The molecule has 0 atom stereocenters. The fourth-order valence-electron chi connectivity index (χ4n) is 2.65. The molecule has 4 rings (SSSR count). The number of benzene rings is 2. The number of fused-ring (bicyclic) bond motifs is 1. The van der Waals surface area contributed by atoms with Crippen molar-refractivity contribution in [2.75, 3.05) is 0 Å². The first kappa shape index (κ1) is 15.3. The number of hydrogen-bond acceptors (Lipinski definition) is 3. The van der Waals surface area contributed by atoms with Gasteiger partial charge in [0.2, 0.25) is 0 Å². The first-order valence-corrected chi connectivity index (χ1v) is 8.53. The number of hydrogen-bond donors (Lipinski definition) is 1. The largest absolute Gasteiger partial charge is 0.337 e. The van der Waals surface area contributed by atoms with E-state index in [-0.39, 0.29) is 5.82 Å². The lowest BCUT2D eigenvalue weighted by Crippen LogP contribution is -1.87. The first-order valence-electron chi connectivity index (χ1n) is 7.65. The van der Waals surface area contributed by atoms with E-state index in [0.29, 0.717) is 17.0 Å². The van der Waals surface area contributed by atoms with Gasteiger partial charge >= 0.3 is 0 Å². The number of nitriles is 1. The maximum atomic E-state index is 14.1. The number of para-hydroxylation sites is 2. The third-order valence-electron chi connectivity index (χ3n) is 3.85. The maximum absolute atomic E-state index is 14.1. The fourth-order valence-corrected chi connectivity index (χ4v) is 3.40. The summed E-state index contributed by atoms with van der Waals surface area (Å²) in [5.41, 5.74) is 3.36. The summed E-state index contributed by atoms with van der Waals surface area (Å²) in [6, 6.07) is 18.4. The average molecular weight is 345 g/mol. The second-order valence-corrected chi connectivity index (χ2v) is 6.44. The van der Waals surface area contributed by atoms with Crippen molar-refractivity contribution in [3.05, 3.63) is 77.2 Å². The van der Waals surface area contributed by atoms with Crippen LogP contribution in [0, 0.1) is 17.1 Å². The van der Waals surface area contributed by atoms with Crippen molar-refractivity contribution < 1.29 is 4.39 Å². The predicted molar refractivity (Wildman–Crippen MR) is 99.3 cm³/mol. The van der Waals surface area contributed by atoms with Crippen LogP contribution in [0.5, 0.6) is 0 Å². The SMILES string of the molecule is N#C/C(=C\c1ccc(F)c(-c2cccs2)c1)c1nc2ccccc2[nH]1. The molecule has 2 aromatic carbocycles. The van der Waals surface area contributed by atoms with Gasteiger partial charge in [-0.15, -0.1) is 11.3 Å². The normalized spacial score (nSPS) is 11.6. The second-order valence-electron chi connectivity index (χ2n) is 5.49. The predicted octanol–water partition coefficient (Wildman–Crippen LogP) is 5.49. The molecule has 0 spiro atoms. The van der Waals surface area contributed by atoms with Crippen LogP contribution in [0.4, 0.5) is 4.39 Å². The summed E-state index contributed by atoms with van der Waals surface area (Å²) in [5, 5.41) is 11.4. The van der Waals surface area contributed by atoms with Crippen molar-refractivity contribution in [2.45, 2.75) is 0 Å². The van der Waals surface area contributed by atoms with Crippen molar-refractivity contribution >= 4 is 34.0 Å². The second kappa shape index (κ2) is 6.34. The molecule has 0 saturated heterocycles. The molecule has 0 amide bonds. The minimum atomic E-state index is -0.276. The van der Waals surface area contributed by atoms with Gasteiger partial charge in [-0.05, 0) is 47.4 Å². The van der Waals surface area contributed by atoms with E-state index in [1.807, 2.05) is 41.8 Å². The summed E-state index contributed by atoms with van der Waals surface area (Å²) in [5.74, 6) is 0.229. The Labute approximate surface area is 147 Å². The van der Waals surface area contributed by atoms with Gasteiger partial charge in [0.05, 0.1) is 16.6 Å². The van der Waals surface area contributed by atoms with Crippen LogP contribution in [-0.4, -0.2) is 9.97 Å². The van der Waals surface area contributed by atoms with Gasteiger partial charge < -0.3 is 4.98 Å². The Morgan fingerprint density at radius 2 is 2.04 bits per heavy atom. The number of nitrogens with zero attached hydrogens (tertiary/aromatic N) is 2. The Kier molecular flexibility index (Phi) is 3.88. The first-order chi connectivity index (χ1) is 12.2. The van der Waals surface area contributed by atoms with E-state index in [2.05, 4.69) is 16.0 Å². The summed E-state index contributed by atoms with van der Waals surface area (Å²) in [4.78, 5) is 8.45. The van der Waals surface area contributed by atoms with Crippen molar-refractivity contribution in [3.63, 3.8) is 0 Å². The van der Waals surface area contributed by atoms with Crippen LogP contribution < -0.4 is 0 Å². The Balaban J connectivity index is 1.78. The van der Waals surface area contributed by atoms with Gasteiger partial charge in [-0.3, -0.25) is 0 Å². The molecule has 5 heteroatoms. The van der Waals surface area contributed by atoms with E-state index in [4.69, 9.17) is 0 Å². The number of aromatic nitrogens is 2. The molecule has 2 aromatic heterocycles. The Bertz CT molecular complexity index is 1080. The zero-order valence-electron chi connectivity index (χ0n) is 13.0. The molecule has 0 bridgehead atoms. The lowest BCUT2D eigenvalue weighted by Gasteiger charge is -2.03. The number of thiophene rings is 1. The molecule has 2 heterocycles. The monoisotopic (exact) mass is 345 g/mol. The van der Waals surface area contributed by atoms with Gasteiger partial charge in [-0.25, -0.2) is 9.37 Å². The minimum Gasteiger partial charge on any atom is -0.337 e. The zero-order valence-corrected chi connectivity index (χ0v) is 13.8. The van der Waals surface area contributed by atoms with E-state index < -0.39 is 0 Å². The molecule has 0 aliphatic heterocycles. The molecule has 120 valence electrons. The fraction of sp³-hybridized carbons (Fsp3) is 0. The van der Waals surface area contributed by atoms with E-state index in [9.17, 15) is 9.65 Å². The topological polar surface area (TPSA) is 52.5 Å². The van der Waals surface area contributed by atoms with E-state index in [1.54, 1.807) is 18.2 Å². The standard InChI is InChI=1S/C20H12FN3S/c21-16-8-7-13(11-15(16)19-6-3-9-25-19)10-14(12-22)20-23-17-4-1-2-5-18(17)24-20/h1-11H,(H,23,24)/b14-10+. The lowest BCUT2D eigenvalue weighted by atomic mass is 10.1. The quantitative estimate of drug-likeness (QED) is 0.499. The molecule has 25 heavy (non-hydrogen) atoms. The zero-order chi connectivity index (χ0) is 17.2. The van der Waals surface area contributed by atoms with Crippen LogP contribution in [0.2, 0.25) is 0 Å². The van der Waals surface area contributed by atoms with Crippen LogP contribution in [0.15, 0.2) is 60.0 Å². The van der Waals surface area contributed by atoms with Gasteiger partial charge in [0.15, 0.2) is 0 Å². The van der Waals surface area contributed by atoms with Gasteiger partial charge in [-0.2, -0.15) is 5.26 Å². The van der Waals surface area contributed by atoms with Gasteiger partial charge in [0.1, 0.15) is 17.7 Å². The number of allylic oxidation sites excluding steroid dienone is 1. The van der Waals surface area contributed by atoms with Crippen LogP contribution in [0.3, 0.4) is 0 Å². The van der Waals surface area contributed by atoms with E-state index in [1.165, 1.54) is 17.4 Å². The van der Waals surface area contributed by atoms with Gasteiger partial charge in [0.25, 0.3) is 0 Å². The Morgan fingerprint density at radius 1 is 1.16 bits per heavy atom. The van der Waals surface area contributed by atoms with Crippen molar-refractivity contribution in [2.24, 2.45) is 0 Å². The van der Waals surface area contributed by atoms with Crippen molar-refractivity contribution in [1.29, 1.82) is 5.26 Å². The summed E-state index contributed by atoms with van der Waals surface area (Å²) in [6.45, 7) is 0. The summed E-state index contributed by atoms with van der Waals surface area (Å²) in [6.07, 6.45) is 1.72. The summed E-state index contributed by atoms with van der Waals surface area (Å²) in [7, 11) is 0. The summed E-state index contributed by atoms with van der Waals surface area (Å²) >= 11 is 1.48. The minimum absolute atomic E-state index is 0.276. The smallest absolute Gasteiger partial charge is 0.149 e.